The molecule has 0 radical (unpaired) electrons. The third-order valence-electron chi connectivity index (χ3n) is 2.22. The Kier molecular flexibility index (Phi) is 5.27. The maximum absolute atomic E-state index is 11.9. The summed E-state index contributed by atoms with van der Waals surface area (Å²) in [5.41, 5.74) is 0. The van der Waals surface area contributed by atoms with Gasteiger partial charge in [-0.2, -0.15) is 0 Å². The van der Waals surface area contributed by atoms with Gasteiger partial charge in [-0.3, -0.25) is 0 Å². The van der Waals surface area contributed by atoms with Gasteiger partial charge in [0.1, 0.15) is 10.0 Å². The van der Waals surface area contributed by atoms with Gasteiger partial charge < -0.3 is 0 Å². The van der Waals surface area contributed by atoms with E-state index in [1.54, 1.807) is 0 Å². The first kappa shape index (κ1) is 16.3. The lowest BCUT2D eigenvalue weighted by molar-refractivity contribution is 0.519. The van der Waals surface area contributed by atoms with Crippen LogP contribution in [0.25, 0.3) is 0 Å². The first-order valence-electron chi connectivity index (χ1n) is 5.17. The van der Waals surface area contributed by atoms with Gasteiger partial charge in [0.2, 0.25) is 20.0 Å². The summed E-state index contributed by atoms with van der Waals surface area (Å²) in [4.78, 5) is 3.47. The lowest BCUT2D eigenvalue weighted by Crippen LogP contribution is -2.34. The molecule has 0 bridgehead atoms. The second-order valence-corrected chi connectivity index (χ2v) is 8.18. The lowest BCUT2D eigenvalue weighted by atomic mass is 10.5. The van der Waals surface area contributed by atoms with Crippen molar-refractivity contribution in [3.8, 4) is 0 Å². The molecule has 0 fully saturated rings. The Balaban J connectivity index is 2.76. The van der Waals surface area contributed by atoms with Gasteiger partial charge in [-0.25, -0.2) is 30.8 Å². The Bertz CT molecular complexity index is 643. The second kappa shape index (κ2) is 6.14. The van der Waals surface area contributed by atoms with E-state index in [0.29, 0.717) is 0 Å². The Labute approximate surface area is 117 Å². The van der Waals surface area contributed by atoms with Crippen LogP contribution in [0.3, 0.4) is 0 Å². The zero-order valence-corrected chi connectivity index (χ0v) is 12.8. The number of nitrogens with one attached hydrogen (secondary N) is 1. The summed E-state index contributed by atoms with van der Waals surface area (Å²) < 4.78 is 49.9. The van der Waals surface area contributed by atoms with Crippen LogP contribution in [-0.2, 0) is 20.0 Å². The average molecular weight is 328 g/mol. The largest absolute Gasteiger partial charge is 0.243 e. The predicted octanol–water partition coefficient (Wildman–Crippen LogP) is -0.0953. The van der Waals surface area contributed by atoms with Gasteiger partial charge in [-0.1, -0.05) is 11.6 Å². The van der Waals surface area contributed by atoms with Crippen molar-refractivity contribution < 1.29 is 16.8 Å². The fourth-order valence-electron chi connectivity index (χ4n) is 1.14. The lowest BCUT2D eigenvalue weighted by Gasteiger charge is -2.12. The number of hydrogen-bond acceptors (Lipinski definition) is 5. The number of pyridine rings is 1. The van der Waals surface area contributed by atoms with E-state index < -0.39 is 20.0 Å². The molecule has 0 unspecified atom stereocenters. The Hall–Kier alpha value is -0.740. The van der Waals surface area contributed by atoms with Gasteiger partial charge in [0.25, 0.3) is 0 Å². The summed E-state index contributed by atoms with van der Waals surface area (Å²) in [7, 11) is -4.57. The second-order valence-electron chi connectivity index (χ2n) is 3.79. The summed E-state index contributed by atoms with van der Waals surface area (Å²) in [6.07, 6.45) is 1.36. The minimum absolute atomic E-state index is 0.162. The molecule has 10 heteroatoms. The maximum Gasteiger partial charge on any atom is 0.243 e. The summed E-state index contributed by atoms with van der Waals surface area (Å²) in [5.74, 6) is -0.336. The van der Waals surface area contributed by atoms with E-state index in [4.69, 9.17) is 11.6 Å². The molecule has 1 heterocycles. The normalized spacial score (nSPS) is 12.8. The van der Waals surface area contributed by atoms with Crippen molar-refractivity contribution in [1.29, 1.82) is 0 Å². The van der Waals surface area contributed by atoms with E-state index in [-0.39, 0.29) is 22.3 Å². The zero-order valence-electron chi connectivity index (χ0n) is 10.4. The van der Waals surface area contributed by atoms with E-state index in [9.17, 15) is 16.8 Å². The summed E-state index contributed by atoms with van der Waals surface area (Å²) in [6, 6.07) is 2.72. The van der Waals surface area contributed by atoms with Crippen molar-refractivity contribution in [2.75, 3.05) is 26.4 Å². The van der Waals surface area contributed by atoms with Gasteiger partial charge in [0.15, 0.2) is 0 Å². The Morgan fingerprint density at radius 3 is 2.47 bits per heavy atom. The molecule has 1 N–H and O–H groups in total. The fraction of sp³-hybridized carbons (Fsp3) is 0.444. The number of sulfonamides is 2. The van der Waals surface area contributed by atoms with Crippen molar-refractivity contribution in [3.63, 3.8) is 0 Å². The van der Waals surface area contributed by atoms with Crippen LogP contribution in [0.15, 0.2) is 23.2 Å². The Morgan fingerprint density at radius 1 is 1.32 bits per heavy atom. The number of aromatic nitrogens is 1. The molecule has 19 heavy (non-hydrogen) atoms. The molecule has 0 aromatic carbocycles. The SMILES string of the molecule is CN(C)S(=O)(=O)CCNS(=O)(=O)c1cccnc1Cl. The van der Waals surface area contributed by atoms with E-state index in [0.717, 1.165) is 4.31 Å². The van der Waals surface area contributed by atoms with Crippen molar-refractivity contribution >= 4 is 31.6 Å². The molecular formula is C9H14ClN3O4S2. The van der Waals surface area contributed by atoms with Crippen LogP contribution in [0.4, 0.5) is 0 Å². The van der Waals surface area contributed by atoms with Crippen molar-refractivity contribution in [1.82, 2.24) is 14.0 Å². The number of hydrogen-bond donors (Lipinski definition) is 1. The molecule has 1 rings (SSSR count). The summed E-state index contributed by atoms with van der Waals surface area (Å²) >= 11 is 5.67. The molecule has 108 valence electrons. The standard InChI is InChI=1S/C9H14ClN3O4S2/c1-13(2)18(14,15)7-6-12-19(16,17)8-4-3-5-11-9(8)10/h3-5,12H,6-7H2,1-2H3. The molecule has 0 atom stereocenters. The molecule has 0 aliphatic heterocycles. The maximum atomic E-state index is 11.9. The molecule has 7 nitrogen and oxygen atoms in total. The minimum atomic E-state index is -3.87. The van der Waals surface area contributed by atoms with Crippen molar-refractivity contribution in [3.05, 3.63) is 23.5 Å². The molecule has 0 saturated carbocycles. The molecule has 0 aliphatic carbocycles. The highest BCUT2D eigenvalue weighted by molar-refractivity contribution is 7.90. The van der Waals surface area contributed by atoms with E-state index in [2.05, 4.69) is 9.71 Å². The van der Waals surface area contributed by atoms with Crippen LogP contribution in [0.2, 0.25) is 5.15 Å². The molecule has 1 aromatic heterocycles. The number of rotatable bonds is 6. The van der Waals surface area contributed by atoms with Crippen molar-refractivity contribution in [2.24, 2.45) is 0 Å². The van der Waals surface area contributed by atoms with Gasteiger partial charge in [0.05, 0.1) is 5.75 Å². The quantitative estimate of drug-likeness (QED) is 0.736. The summed E-state index contributed by atoms with van der Waals surface area (Å²) in [6.45, 7) is -0.242. The van der Waals surface area contributed by atoms with Gasteiger partial charge in [-0.05, 0) is 12.1 Å². The van der Waals surface area contributed by atoms with E-state index >= 15 is 0 Å². The fourth-order valence-corrected chi connectivity index (χ4v) is 3.47. The third kappa shape index (κ3) is 4.39. The molecule has 0 saturated heterocycles. The monoisotopic (exact) mass is 327 g/mol. The summed E-state index contributed by atoms with van der Waals surface area (Å²) in [5, 5.41) is -0.162. The predicted molar refractivity (Wildman–Crippen MR) is 71.9 cm³/mol. The Morgan fingerprint density at radius 2 is 1.95 bits per heavy atom. The zero-order chi connectivity index (χ0) is 14.7. The van der Waals surface area contributed by atoms with Gasteiger partial charge in [-0.15, -0.1) is 0 Å². The first-order chi connectivity index (χ1) is 8.67. The average Bonchev–Trinajstić information content (AvgIpc) is 2.28. The highest BCUT2D eigenvalue weighted by Crippen LogP contribution is 2.17. The number of nitrogens with zero attached hydrogens (tertiary/aromatic N) is 2. The van der Waals surface area contributed by atoms with Crippen LogP contribution in [0.1, 0.15) is 0 Å². The van der Waals surface area contributed by atoms with Crippen LogP contribution in [-0.4, -0.2) is 52.5 Å². The molecule has 1 aromatic rings. The highest BCUT2D eigenvalue weighted by atomic mass is 35.5. The van der Waals surface area contributed by atoms with Gasteiger partial charge >= 0.3 is 0 Å². The molecular weight excluding hydrogens is 314 g/mol. The highest BCUT2D eigenvalue weighted by Gasteiger charge is 2.20. The van der Waals surface area contributed by atoms with E-state index in [1.165, 1.54) is 32.4 Å². The minimum Gasteiger partial charge on any atom is -0.243 e. The van der Waals surface area contributed by atoms with Crippen LogP contribution >= 0.6 is 11.6 Å². The van der Waals surface area contributed by atoms with Crippen LogP contribution in [0.5, 0.6) is 0 Å². The van der Waals surface area contributed by atoms with Crippen LogP contribution in [0, 0.1) is 0 Å². The van der Waals surface area contributed by atoms with E-state index in [1.807, 2.05) is 0 Å². The first-order valence-corrected chi connectivity index (χ1v) is 8.64. The molecule has 0 amide bonds. The molecule has 0 spiro atoms. The molecule has 0 aliphatic rings. The topological polar surface area (TPSA) is 96.4 Å². The van der Waals surface area contributed by atoms with Crippen molar-refractivity contribution in [2.45, 2.75) is 4.90 Å². The smallest absolute Gasteiger partial charge is 0.243 e. The number of halogens is 1. The van der Waals surface area contributed by atoms with Gasteiger partial charge in [0, 0.05) is 26.8 Å². The third-order valence-corrected chi connectivity index (χ3v) is 5.96. The van der Waals surface area contributed by atoms with Crippen LogP contribution < -0.4 is 4.72 Å².